The third-order valence-corrected chi connectivity index (χ3v) is 24.5. The second kappa shape index (κ2) is 62.1. The van der Waals surface area contributed by atoms with Crippen LogP contribution in [-0.2, 0) is 110 Å². The minimum absolute atomic E-state index is 0.0219. The van der Waals surface area contributed by atoms with Crippen molar-refractivity contribution in [2.45, 2.75) is 361 Å². The van der Waals surface area contributed by atoms with Crippen LogP contribution in [0.3, 0.4) is 0 Å². The summed E-state index contributed by atoms with van der Waals surface area (Å²) in [6, 6.07) is 16.0. The Morgan fingerprint density at radius 2 is 0.632 bits per heavy atom. The van der Waals surface area contributed by atoms with Crippen molar-refractivity contribution < 1.29 is 136 Å². The summed E-state index contributed by atoms with van der Waals surface area (Å²) in [7, 11) is 0. The summed E-state index contributed by atoms with van der Waals surface area (Å²) in [6.07, 6.45) is -10.1. The molecule has 3 saturated heterocycles. The number of hydrogen-bond donors (Lipinski definition) is 21. The first-order chi connectivity index (χ1) is 67.1. The Morgan fingerprint density at radius 3 is 0.896 bits per heavy atom. The molecule has 0 radical (unpaired) electrons. The van der Waals surface area contributed by atoms with E-state index < -0.39 is 192 Å². The number of ether oxygens (including phenoxy) is 6. The van der Waals surface area contributed by atoms with Crippen molar-refractivity contribution in [3.63, 3.8) is 0 Å². The van der Waals surface area contributed by atoms with Crippen molar-refractivity contribution in [3.05, 3.63) is 106 Å². The molecule has 0 saturated carbocycles. The molecule has 3 aromatic carbocycles. The molecule has 6 rings (SSSR count). The molecular weight excluding hydrogens is 1870 g/mol. The number of aliphatic carboxylic acids is 1. The summed E-state index contributed by atoms with van der Waals surface area (Å²) in [6.45, 7) is 37.6. The van der Waals surface area contributed by atoms with Crippen LogP contribution in [0.1, 0.15) is 236 Å². The van der Waals surface area contributed by atoms with Gasteiger partial charge in [-0.25, -0.2) is 33.6 Å². The first kappa shape index (κ1) is 127. The molecule has 42 heteroatoms. The van der Waals surface area contributed by atoms with E-state index in [2.05, 4.69) is 47.9 Å². The van der Waals surface area contributed by atoms with E-state index in [1.54, 1.807) is 123 Å². The largest absolute Gasteiger partial charge is 0.479 e. The topological polar surface area (TPSA) is 691 Å². The number of Topliss-reactive ketones (excluding diaryl/α,β-unsaturated/α-hetero) is 5. The number of primary amides is 3. The zero-order valence-electron chi connectivity index (χ0n) is 87.4. The number of nitrogens with one attached hydrogen (secondary N) is 9. The molecule has 21 atom stereocenters. The molecule has 26 N–H and O–H groups in total. The number of amides is 12. The lowest BCUT2D eigenvalue weighted by Gasteiger charge is -2.41. The summed E-state index contributed by atoms with van der Waals surface area (Å²) in [4.78, 5) is 185. The molecule has 812 valence electrons. The number of rotatable bonds is 48. The van der Waals surface area contributed by atoms with Crippen LogP contribution in [0.15, 0.2) is 72.8 Å². The molecule has 0 bridgehead atoms. The zero-order chi connectivity index (χ0) is 109. The van der Waals surface area contributed by atoms with Gasteiger partial charge in [0.05, 0.1) is 60.7 Å². The highest BCUT2D eigenvalue weighted by molar-refractivity contribution is 5.96. The highest BCUT2D eigenvalue weighted by Crippen LogP contribution is 2.33. The number of carboxylic acid groups (broad SMARTS) is 1. The monoisotopic (exact) mass is 2040 g/mol. The van der Waals surface area contributed by atoms with Crippen LogP contribution in [0.5, 0.6) is 0 Å². The van der Waals surface area contributed by atoms with Crippen LogP contribution in [0.25, 0.3) is 0 Å². The van der Waals surface area contributed by atoms with Crippen LogP contribution in [-0.4, -0.2) is 284 Å². The van der Waals surface area contributed by atoms with E-state index in [9.17, 15) is 103 Å². The van der Waals surface area contributed by atoms with Crippen molar-refractivity contribution >= 4 is 89.0 Å². The quantitative estimate of drug-likeness (QED) is 0.0266. The maximum absolute atomic E-state index is 13.6. The fraction of sp³-hybridized carbons (Fsp3) is 0.676. The second-order valence-electron chi connectivity index (χ2n) is 41.0. The third kappa shape index (κ3) is 47.1. The lowest BCUT2D eigenvalue weighted by atomic mass is 9.81. The van der Waals surface area contributed by atoms with Gasteiger partial charge in [-0.15, -0.1) is 0 Å². The van der Waals surface area contributed by atoms with E-state index >= 15 is 0 Å². The predicted octanol–water partition coefficient (Wildman–Crippen LogP) is 4.82. The second-order valence-corrected chi connectivity index (χ2v) is 41.0. The minimum atomic E-state index is -1.54. The van der Waals surface area contributed by atoms with E-state index in [0.717, 1.165) is 33.4 Å². The Hall–Kier alpha value is -10.9. The van der Waals surface area contributed by atoms with Crippen LogP contribution in [0, 0.1) is 41.4 Å². The van der Waals surface area contributed by atoms with Crippen LogP contribution >= 0.6 is 0 Å². The lowest BCUT2D eigenvalue weighted by molar-refractivity contribution is -0.208. The van der Waals surface area contributed by atoms with Crippen molar-refractivity contribution in [2.75, 3.05) is 39.3 Å². The number of nitrogens with two attached hydrogens (primary N) is 5. The zero-order valence-corrected chi connectivity index (χ0v) is 87.4. The molecule has 12 unspecified atom stereocenters. The first-order valence-corrected chi connectivity index (χ1v) is 49.7. The maximum Gasteiger partial charge on any atom is 0.407 e. The predicted molar refractivity (Wildman–Crippen MR) is 536 cm³/mol. The fourth-order valence-corrected chi connectivity index (χ4v) is 16.1. The Kier molecular flexibility index (Phi) is 54.9. The van der Waals surface area contributed by atoms with Gasteiger partial charge in [0.25, 0.3) is 0 Å². The number of urea groups is 3. The number of carboxylic acids is 1. The Balaban J connectivity index is 0.000000523. The van der Waals surface area contributed by atoms with Gasteiger partial charge < -0.3 is 141 Å². The normalized spacial score (nSPS) is 22.2. The van der Waals surface area contributed by atoms with E-state index in [0.29, 0.717) is 84.0 Å². The molecule has 3 aliphatic heterocycles. The van der Waals surface area contributed by atoms with E-state index in [1.807, 2.05) is 88.4 Å². The van der Waals surface area contributed by atoms with Crippen LogP contribution in [0.2, 0.25) is 0 Å². The number of aliphatic hydroxyl groups is 6. The molecule has 3 aliphatic rings. The molecular formula is C102H166N14O28. The molecule has 3 fully saturated rings. The standard InChI is InChI=1S/C35H56N4O9.C33H53N5O9.C25H41N5O5.C9H16O5/c1-8-24-21(4)47-31(30(43)29(24)42)28(41)19-25(20(2)3)32(44)39-26(10-9-16-37-33(36)45)27(40)18-23-13-11-22(12-14-23)15-17-38-34(46)48-35(5,6)7;1-18(2)22(17-25(40)29-28(42)27(41)26(34)19(3)46-29)30(43)38-23(8-7-14-36-31(35)44)24(39)16-21-11-9-20(10-12-21)13-15-37-32(45)47-33(4,5)6;1-16(2)21(26)22(32)30-19(7-6-13-28-23(27)33)20(31)15-18-10-8-17(9-11-18)12-14-29-24(34)35-25(3,4)5;1-3-5-4(2)14-8(9(12)13)7(11)6(5)10/h11-14,20-21,24-26,29-31,42-43H,8-10,15-19H2,1-7H3,(H,38,46)(H,39,44)(H3,36,37,45);9-12,18-19,22-23,26-29,41-42H,7-8,13-17,34H2,1-6H3,(H,37,45)(H,38,43)(H3,35,36,44);8-11,16,19,21H,6-7,12-15,26H2,1-5H3,(H,29,34)(H,30,32)(H3,27,28,33);4-8,10-11H,3H2,1-2H3,(H,12,13)/t21?,24?,25-,26?,29-,30?,31-;19?,22-,23?,26?,27-,28?,29-;19?,21-;4?,5?,6-,7?,8+/m1111/s1. The summed E-state index contributed by atoms with van der Waals surface area (Å²) in [5.74, 6) is -7.19. The van der Waals surface area contributed by atoms with Gasteiger partial charge in [-0.05, 0) is 205 Å². The van der Waals surface area contributed by atoms with Gasteiger partial charge in [0.1, 0.15) is 53.4 Å². The van der Waals surface area contributed by atoms with E-state index in [4.69, 9.17) is 62.2 Å². The summed E-state index contributed by atoms with van der Waals surface area (Å²) < 4.78 is 32.2. The van der Waals surface area contributed by atoms with Crippen LogP contribution < -0.4 is 76.5 Å². The number of carbonyl (C=O) groups excluding carboxylic acids is 14. The summed E-state index contributed by atoms with van der Waals surface area (Å²) in [5, 5.41) is 93.7. The van der Waals surface area contributed by atoms with Crippen molar-refractivity contribution in [3.8, 4) is 0 Å². The Morgan fingerprint density at radius 1 is 0.368 bits per heavy atom. The van der Waals surface area contributed by atoms with Gasteiger partial charge in [0.15, 0.2) is 35.0 Å². The highest BCUT2D eigenvalue weighted by Gasteiger charge is 2.49. The average molecular weight is 2040 g/mol. The molecule has 144 heavy (non-hydrogen) atoms. The molecule has 12 amide bonds. The smallest absolute Gasteiger partial charge is 0.407 e. The van der Waals surface area contributed by atoms with E-state index in [-0.39, 0.29) is 117 Å². The van der Waals surface area contributed by atoms with Crippen molar-refractivity contribution in [1.82, 2.24) is 47.9 Å². The number of ketones is 5. The van der Waals surface area contributed by atoms with Crippen molar-refractivity contribution in [1.29, 1.82) is 0 Å². The maximum atomic E-state index is 13.6. The first-order valence-electron chi connectivity index (χ1n) is 49.7. The van der Waals surface area contributed by atoms with Gasteiger partial charge in [-0.3, -0.25) is 38.4 Å². The molecule has 0 aromatic heterocycles. The number of aliphatic hydroxyl groups excluding tert-OH is 6. The third-order valence-electron chi connectivity index (χ3n) is 24.5. The van der Waals surface area contributed by atoms with E-state index in [1.165, 1.54) is 0 Å². The lowest BCUT2D eigenvalue weighted by Crippen LogP contribution is -2.62. The molecule has 3 aromatic rings. The number of carbonyl (C=O) groups is 15. The molecule has 0 aliphatic carbocycles. The SMILES string of the molecule is CC(C)[C@@H](N)C(=O)NC(CCCNC(N)=O)C(=O)Cc1ccc(CCNC(=O)OC(C)(C)C)cc1.CC1O[C@H](C(=O)C[C@@H](C(=O)NC(CCCNC(N)=O)C(=O)Cc2ccc(CCNC(=O)OC(C)(C)C)cc2)C(C)C)C(O)[C@H](O)C1N.CCC1C(C)O[C@H](C(=O)C[C@@H](C(=O)NC(CCCNC(N)=O)C(=O)Cc2ccc(CCNC(=O)OC(C)(C)C)cc2)C(C)C)C(O)[C@@H]1O.CCC1C(C)O[C@H](C(=O)O)C(O)[C@@H]1O. The van der Waals surface area contributed by atoms with Gasteiger partial charge in [-0.2, -0.15) is 0 Å². The molecule has 0 spiro atoms. The molecule has 42 nitrogen and oxygen atoms in total. The minimum Gasteiger partial charge on any atom is -0.479 e. The Bertz CT molecular complexity index is 4560. The average Bonchev–Trinajstić information content (AvgIpc) is 0.811. The Labute approximate surface area is 846 Å². The summed E-state index contributed by atoms with van der Waals surface area (Å²) >= 11 is 0. The van der Waals surface area contributed by atoms with Gasteiger partial charge in [0.2, 0.25) is 17.7 Å². The number of alkyl carbamates (subject to hydrolysis) is 3. The fourth-order valence-electron chi connectivity index (χ4n) is 16.1. The van der Waals surface area contributed by atoms with Gasteiger partial charge >= 0.3 is 42.3 Å². The van der Waals surface area contributed by atoms with Gasteiger partial charge in [-0.1, -0.05) is 128 Å². The molecule has 3 heterocycles. The van der Waals surface area contributed by atoms with Crippen molar-refractivity contribution in [2.24, 2.45) is 70.1 Å². The van der Waals surface area contributed by atoms with Gasteiger partial charge in [0, 0.05) is 95.0 Å². The number of benzene rings is 3. The number of hydrogen-bond acceptors (Lipinski definition) is 29. The highest BCUT2D eigenvalue weighted by atomic mass is 16.6. The summed E-state index contributed by atoms with van der Waals surface area (Å²) in [5.41, 5.74) is 30.6. The van der Waals surface area contributed by atoms with Crippen LogP contribution in [0.4, 0.5) is 28.8 Å².